The van der Waals surface area contributed by atoms with Crippen LogP contribution in [0.3, 0.4) is 0 Å². The maximum absolute atomic E-state index is 13.1. The highest BCUT2D eigenvalue weighted by Crippen LogP contribution is 2.40. The lowest BCUT2D eigenvalue weighted by Crippen LogP contribution is -2.56. The zero-order chi connectivity index (χ0) is 21.0. The first-order chi connectivity index (χ1) is 13.9. The minimum absolute atomic E-state index is 0.0522. The zero-order valence-electron chi connectivity index (χ0n) is 16.5. The van der Waals surface area contributed by atoms with E-state index in [1.165, 1.54) is 16.7 Å². The van der Waals surface area contributed by atoms with E-state index in [1.54, 1.807) is 6.92 Å². The maximum atomic E-state index is 13.1. The lowest BCUT2D eigenvalue weighted by atomic mass is 9.84. The van der Waals surface area contributed by atoms with Gasteiger partial charge >= 0.3 is 11.9 Å². The van der Waals surface area contributed by atoms with Gasteiger partial charge in [0, 0.05) is 16.7 Å². The van der Waals surface area contributed by atoms with Crippen LogP contribution in [0.1, 0.15) is 39.0 Å². The number of benzene rings is 1. The number of fused-ring (bicyclic) bond motifs is 1. The van der Waals surface area contributed by atoms with Gasteiger partial charge in [-0.3, -0.25) is 14.9 Å². The molecule has 3 unspecified atom stereocenters. The van der Waals surface area contributed by atoms with E-state index >= 15 is 0 Å². The Morgan fingerprint density at radius 2 is 1.86 bits per heavy atom. The fraction of sp³-hybridized carbons (Fsp3) is 0.571. The SMILES string of the molecule is CC(N[C@H](CSc1ccccc1)C(=O)O)C(=O)N1C2CCCCC2C[C@H]1C(=O)O. The highest BCUT2D eigenvalue weighted by molar-refractivity contribution is 7.99. The number of likely N-dealkylation sites (tertiary alicyclic amines) is 1. The molecular formula is C21H28N2O5S. The van der Waals surface area contributed by atoms with Crippen molar-refractivity contribution < 1.29 is 24.6 Å². The Morgan fingerprint density at radius 3 is 2.52 bits per heavy atom. The average molecular weight is 421 g/mol. The van der Waals surface area contributed by atoms with Crippen molar-refractivity contribution in [3.8, 4) is 0 Å². The summed E-state index contributed by atoms with van der Waals surface area (Å²) in [6, 6.07) is 6.93. The lowest BCUT2D eigenvalue weighted by Gasteiger charge is -2.35. The molecule has 8 heteroatoms. The van der Waals surface area contributed by atoms with Crippen LogP contribution in [0.5, 0.6) is 0 Å². The molecule has 7 nitrogen and oxygen atoms in total. The summed E-state index contributed by atoms with van der Waals surface area (Å²) in [6.07, 6.45) is 4.32. The van der Waals surface area contributed by atoms with Gasteiger partial charge in [0.2, 0.25) is 5.91 Å². The number of carbonyl (C=O) groups excluding carboxylic acids is 1. The molecule has 1 saturated heterocycles. The first-order valence-electron chi connectivity index (χ1n) is 10.1. The van der Waals surface area contributed by atoms with Crippen LogP contribution in [0.25, 0.3) is 0 Å². The fourth-order valence-electron chi connectivity index (χ4n) is 4.48. The molecule has 0 radical (unpaired) electrons. The van der Waals surface area contributed by atoms with Gasteiger partial charge in [0.1, 0.15) is 12.1 Å². The molecule has 1 aliphatic carbocycles. The summed E-state index contributed by atoms with van der Waals surface area (Å²) in [5.74, 6) is -1.83. The second kappa shape index (κ2) is 9.63. The highest BCUT2D eigenvalue weighted by Gasteiger charge is 2.48. The van der Waals surface area contributed by atoms with Gasteiger partial charge in [-0.2, -0.15) is 0 Å². The predicted octanol–water partition coefficient (Wildman–Crippen LogP) is 2.45. The summed E-state index contributed by atoms with van der Waals surface area (Å²) in [6.45, 7) is 1.63. The molecule has 1 aliphatic heterocycles. The molecule has 3 N–H and O–H groups in total. The lowest BCUT2D eigenvalue weighted by molar-refractivity contribution is -0.151. The molecule has 0 spiro atoms. The van der Waals surface area contributed by atoms with Crippen LogP contribution in [-0.2, 0) is 14.4 Å². The second-order valence-electron chi connectivity index (χ2n) is 7.85. The molecule has 0 aromatic heterocycles. The summed E-state index contributed by atoms with van der Waals surface area (Å²) in [4.78, 5) is 39.1. The molecular weight excluding hydrogens is 392 g/mol. The van der Waals surface area contributed by atoms with Crippen molar-refractivity contribution in [2.45, 2.75) is 68.1 Å². The molecule has 1 saturated carbocycles. The topological polar surface area (TPSA) is 107 Å². The molecule has 0 bridgehead atoms. The third kappa shape index (κ3) is 5.11. The van der Waals surface area contributed by atoms with Crippen LogP contribution in [-0.4, -0.2) is 62.9 Å². The van der Waals surface area contributed by atoms with Crippen LogP contribution in [0, 0.1) is 5.92 Å². The molecule has 1 amide bonds. The molecule has 3 rings (SSSR count). The first kappa shape index (κ1) is 21.6. The van der Waals surface area contributed by atoms with Gasteiger partial charge in [-0.15, -0.1) is 11.8 Å². The Morgan fingerprint density at radius 1 is 1.17 bits per heavy atom. The molecule has 2 aliphatic rings. The fourth-order valence-corrected chi connectivity index (χ4v) is 5.43. The summed E-state index contributed by atoms with van der Waals surface area (Å²) in [5, 5.41) is 22.1. The summed E-state index contributed by atoms with van der Waals surface area (Å²) >= 11 is 1.40. The molecule has 1 aromatic rings. The van der Waals surface area contributed by atoms with Crippen LogP contribution < -0.4 is 5.32 Å². The van der Waals surface area contributed by atoms with Crippen molar-refractivity contribution in [1.29, 1.82) is 0 Å². The van der Waals surface area contributed by atoms with E-state index in [2.05, 4.69) is 5.32 Å². The highest BCUT2D eigenvalue weighted by atomic mass is 32.2. The number of thioether (sulfide) groups is 1. The molecule has 2 fully saturated rings. The number of carboxylic acid groups (broad SMARTS) is 2. The number of rotatable bonds is 8. The van der Waals surface area contributed by atoms with Crippen molar-refractivity contribution in [2.24, 2.45) is 5.92 Å². The van der Waals surface area contributed by atoms with Gasteiger partial charge < -0.3 is 15.1 Å². The van der Waals surface area contributed by atoms with Gasteiger partial charge in [0.25, 0.3) is 0 Å². The van der Waals surface area contributed by atoms with Crippen LogP contribution in [0.4, 0.5) is 0 Å². The Labute approximate surface area is 174 Å². The number of nitrogens with zero attached hydrogens (tertiary/aromatic N) is 1. The maximum Gasteiger partial charge on any atom is 0.326 e. The van der Waals surface area contributed by atoms with Crippen molar-refractivity contribution in [3.63, 3.8) is 0 Å². The van der Waals surface area contributed by atoms with Crippen molar-refractivity contribution in [1.82, 2.24) is 10.2 Å². The van der Waals surface area contributed by atoms with Crippen molar-refractivity contribution in [2.75, 3.05) is 5.75 Å². The molecule has 1 aromatic carbocycles. The van der Waals surface area contributed by atoms with E-state index < -0.39 is 30.1 Å². The molecule has 1 heterocycles. The van der Waals surface area contributed by atoms with Crippen LogP contribution >= 0.6 is 11.8 Å². The largest absolute Gasteiger partial charge is 0.480 e. The van der Waals surface area contributed by atoms with Gasteiger partial charge in [-0.1, -0.05) is 31.0 Å². The molecule has 5 atom stereocenters. The third-order valence-corrected chi connectivity index (χ3v) is 7.01. The zero-order valence-corrected chi connectivity index (χ0v) is 17.3. The minimum Gasteiger partial charge on any atom is -0.480 e. The summed E-state index contributed by atoms with van der Waals surface area (Å²) in [5.41, 5.74) is 0. The average Bonchev–Trinajstić information content (AvgIpc) is 3.10. The third-order valence-electron chi connectivity index (χ3n) is 5.91. The quantitative estimate of drug-likeness (QED) is 0.555. The monoisotopic (exact) mass is 420 g/mol. The van der Waals surface area contributed by atoms with E-state index in [1.807, 2.05) is 30.3 Å². The first-order valence-corrected chi connectivity index (χ1v) is 11.1. The Hall–Kier alpha value is -2.06. The number of carboxylic acids is 2. The number of aliphatic carboxylic acids is 2. The van der Waals surface area contributed by atoms with Crippen LogP contribution in [0.15, 0.2) is 35.2 Å². The smallest absolute Gasteiger partial charge is 0.326 e. The van der Waals surface area contributed by atoms with Gasteiger partial charge in [0.15, 0.2) is 0 Å². The van der Waals surface area contributed by atoms with Gasteiger partial charge in [0.05, 0.1) is 6.04 Å². The van der Waals surface area contributed by atoms with Crippen LogP contribution in [0.2, 0.25) is 0 Å². The number of amides is 1. The Kier molecular flexibility index (Phi) is 7.18. The van der Waals surface area contributed by atoms with E-state index in [-0.39, 0.29) is 23.6 Å². The van der Waals surface area contributed by atoms with Gasteiger partial charge in [-0.25, -0.2) is 4.79 Å². The van der Waals surface area contributed by atoms with E-state index in [0.29, 0.717) is 6.42 Å². The van der Waals surface area contributed by atoms with Crippen molar-refractivity contribution >= 4 is 29.6 Å². The molecule has 29 heavy (non-hydrogen) atoms. The predicted molar refractivity (Wildman–Crippen MR) is 110 cm³/mol. The number of carbonyl (C=O) groups is 3. The Bertz CT molecular complexity index is 744. The summed E-state index contributed by atoms with van der Waals surface area (Å²) < 4.78 is 0. The standard InChI is InChI=1S/C21H28N2O5S/c1-13(22-16(20(25)26)12-29-15-8-3-2-4-9-15)19(24)23-17-10-6-5-7-14(17)11-18(23)21(27)28/h2-4,8-9,13-14,16-18,22H,5-7,10-12H2,1H3,(H,25,26)(H,27,28)/t13?,14?,16-,17?,18+/m1/s1. The normalized spacial score (nSPS) is 25.8. The number of hydrogen-bond acceptors (Lipinski definition) is 5. The van der Waals surface area contributed by atoms with Crippen molar-refractivity contribution in [3.05, 3.63) is 30.3 Å². The van der Waals surface area contributed by atoms with E-state index in [4.69, 9.17) is 0 Å². The van der Waals surface area contributed by atoms with E-state index in [0.717, 1.165) is 30.6 Å². The summed E-state index contributed by atoms with van der Waals surface area (Å²) in [7, 11) is 0. The molecule has 158 valence electrons. The number of hydrogen-bond donors (Lipinski definition) is 3. The van der Waals surface area contributed by atoms with Gasteiger partial charge in [-0.05, 0) is 44.2 Å². The second-order valence-corrected chi connectivity index (χ2v) is 8.94. The Balaban J connectivity index is 1.66. The van der Waals surface area contributed by atoms with E-state index in [9.17, 15) is 24.6 Å². The number of nitrogens with one attached hydrogen (secondary N) is 1. The minimum atomic E-state index is -1.03.